The van der Waals surface area contributed by atoms with Crippen LogP contribution in [0.25, 0.3) is 0 Å². The van der Waals surface area contributed by atoms with Crippen LogP contribution in [0.5, 0.6) is 0 Å². The van der Waals surface area contributed by atoms with Gasteiger partial charge in [0.05, 0.1) is 30.7 Å². The van der Waals surface area contributed by atoms with Gasteiger partial charge in [-0.3, -0.25) is 9.69 Å². The van der Waals surface area contributed by atoms with Crippen LogP contribution in [0, 0.1) is 17.3 Å². The summed E-state index contributed by atoms with van der Waals surface area (Å²) in [6.07, 6.45) is 3.68. The summed E-state index contributed by atoms with van der Waals surface area (Å²) in [5.74, 6) is -1.32. The molecule has 8 nitrogen and oxygen atoms in total. The van der Waals surface area contributed by atoms with E-state index in [4.69, 9.17) is 28.4 Å². The van der Waals surface area contributed by atoms with E-state index < -0.39 is 35.3 Å². The minimum Gasteiger partial charge on any atom is -0.466 e. The molecule has 2 spiro atoms. The van der Waals surface area contributed by atoms with Crippen molar-refractivity contribution < 1.29 is 33.2 Å². The third-order valence-corrected chi connectivity index (χ3v) is 9.18. The zero-order valence-electron chi connectivity index (χ0n) is 21.9. The largest absolute Gasteiger partial charge is 0.466 e. The van der Waals surface area contributed by atoms with Gasteiger partial charge in [0.1, 0.15) is 12.2 Å². The van der Waals surface area contributed by atoms with E-state index in [2.05, 4.69) is 18.9 Å². The highest BCUT2D eigenvalue weighted by molar-refractivity contribution is 5.76. The molecule has 1 saturated carbocycles. The zero-order valence-corrected chi connectivity index (χ0v) is 21.9. The molecule has 6 atom stereocenters. The van der Waals surface area contributed by atoms with E-state index in [0.29, 0.717) is 25.7 Å². The fourth-order valence-corrected chi connectivity index (χ4v) is 7.73. The van der Waals surface area contributed by atoms with Crippen molar-refractivity contribution in [2.45, 2.75) is 115 Å². The van der Waals surface area contributed by atoms with Gasteiger partial charge in [-0.1, -0.05) is 13.3 Å². The van der Waals surface area contributed by atoms with Gasteiger partial charge in [0.15, 0.2) is 17.9 Å². The van der Waals surface area contributed by atoms with Crippen LogP contribution >= 0.6 is 0 Å². The van der Waals surface area contributed by atoms with E-state index in [0.717, 1.165) is 25.7 Å². The molecule has 4 heterocycles. The van der Waals surface area contributed by atoms with Crippen LogP contribution in [0.15, 0.2) is 0 Å². The van der Waals surface area contributed by atoms with Gasteiger partial charge in [-0.25, -0.2) is 0 Å². The van der Waals surface area contributed by atoms with Gasteiger partial charge in [0, 0.05) is 12.1 Å². The summed E-state index contributed by atoms with van der Waals surface area (Å²) in [7, 11) is 2.16. The van der Waals surface area contributed by atoms with Crippen molar-refractivity contribution in [1.82, 2.24) is 4.90 Å². The first kappa shape index (κ1) is 24.9. The summed E-state index contributed by atoms with van der Waals surface area (Å²) in [6, 6.07) is 0. The lowest BCUT2D eigenvalue weighted by Gasteiger charge is -2.47. The average Bonchev–Trinajstić information content (AvgIpc) is 3.43. The number of fused-ring (bicyclic) bond motifs is 2. The molecular weight excluding hydrogens is 438 g/mol. The normalized spacial score (nSPS) is 47.5. The molecule has 5 fully saturated rings. The van der Waals surface area contributed by atoms with Crippen molar-refractivity contribution in [2.75, 3.05) is 26.8 Å². The number of carbonyl (C=O) groups excluding carboxylic acids is 1. The molecule has 0 aromatic heterocycles. The molecule has 8 heteroatoms. The molecule has 0 radical (unpaired) electrons. The number of likely N-dealkylation sites (tertiary alicyclic amines) is 1. The van der Waals surface area contributed by atoms with Gasteiger partial charge >= 0.3 is 5.97 Å². The molecule has 4 saturated heterocycles. The Balaban J connectivity index is 1.60. The van der Waals surface area contributed by atoms with Crippen LogP contribution in [0.3, 0.4) is 0 Å². The third kappa shape index (κ3) is 3.67. The minimum atomic E-state index is -0.785. The maximum Gasteiger partial charge on any atom is 0.311 e. The fraction of sp³-hybridized carbons (Fsp3) is 0.962. The highest BCUT2D eigenvalue weighted by Gasteiger charge is 2.77. The Bertz CT molecular complexity index is 792. The molecular formula is C26H43NO7. The Kier molecular flexibility index (Phi) is 6.14. The summed E-state index contributed by atoms with van der Waals surface area (Å²) in [5.41, 5.74) is -0.952. The van der Waals surface area contributed by atoms with Crippen LogP contribution in [-0.2, 0) is 33.2 Å². The molecule has 0 unspecified atom stereocenters. The first-order chi connectivity index (χ1) is 16.0. The quantitative estimate of drug-likeness (QED) is 0.565. The predicted molar refractivity (Wildman–Crippen MR) is 124 cm³/mol. The Morgan fingerprint density at radius 3 is 2.29 bits per heavy atom. The Morgan fingerprint density at radius 2 is 1.71 bits per heavy atom. The molecule has 0 N–H and O–H groups in total. The molecule has 1 aliphatic carbocycles. The first-order valence-electron chi connectivity index (χ1n) is 13.2. The second kappa shape index (κ2) is 8.38. The Morgan fingerprint density at radius 1 is 1.00 bits per heavy atom. The number of hydrogen-bond acceptors (Lipinski definition) is 8. The predicted octanol–water partition coefficient (Wildman–Crippen LogP) is 3.46. The number of nitrogens with zero attached hydrogens (tertiary/aromatic N) is 1. The van der Waals surface area contributed by atoms with Gasteiger partial charge in [-0.15, -0.1) is 0 Å². The number of ether oxygens (including phenoxy) is 6. The lowest BCUT2D eigenvalue weighted by Crippen LogP contribution is -2.59. The summed E-state index contributed by atoms with van der Waals surface area (Å²) in [4.78, 5) is 16.4. The molecule has 0 aromatic carbocycles. The molecule has 5 rings (SSSR count). The van der Waals surface area contributed by atoms with E-state index in [9.17, 15) is 4.79 Å². The van der Waals surface area contributed by atoms with Gasteiger partial charge in [0.2, 0.25) is 0 Å². The molecule has 194 valence electrons. The highest BCUT2D eigenvalue weighted by Crippen LogP contribution is 2.64. The average molecular weight is 482 g/mol. The molecule has 5 aliphatic rings. The van der Waals surface area contributed by atoms with Crippen molar-refractivity contribution in [3.8, 4) is 0 Å². The van der Waals surface area contributed by atoms with Crippen molar-refractivity contribution in [3.05, 3.63) is 0 Å². The topological polar surface area (TPSA) is 75.7 Å². The summed E-state index contributed by atoms with van der Waals surface area (Å²) in [5, 5.41) is 0. The van der Waals surface area contributed by atoms with Gasteiger partial charge in [0.25, 0.3) is 0 Å². The number of hydrogen-bond donors (Lipinski definition) is 0. The molecule has 0 bridgehead atoms. The minimum absolute atomic E-state index is 0.150. The van der Waals surface area contributed by atoms with Crippen LogP contribution in [0.2, 0.25) is 0 Å². The first-order valence-corrected chi connectivity index (χ1v) is 13.2. The summed E-state index contributed by atoms with van der Waals surface area (Å²) < 4.78 is 37.5. The monoisotopic (exact) mass is 481 g/mol. The Hall–Kier alpha value is -0.770. The van der Waals surface area contributed by atoms with Crippen LogP contribution in [0.4, 0.5) is 0 Å². The van der Waals surface area contributed by atoms with E-state index >= 15 is 0 Å². The lowest BCUT2D eigenvalue weighted by molar-refractivity contribution is -0.241. The Labute approximate surface area is 203 Å². The fourth-order valence-electron chi connectivity index (χ4n) is 7.73. The molecule has 0 aromatic rings. The van der Waals surface area contributed by atoms with Crippen LogP contribution in [0.1, 0.15) is 73.6 Å². The number of esters is 1. The van der Waals surface area contributed by atoms with Crippen molar-refractivity contribution >= 4 is 5.97 Å². The van der Waals surface area contributed by atoms with Gasteiger partial charge in [-0.2, -0.15) is 0 Å². The van der Waals surface area contributed by atoms with Crippen molar-refractivity contribution in [2.24, 2.45) is 17.3 Å². The zero-order chi connectivity index (χ0) is 24.5. The van der Waals surface area contributed by atoms with E-state index in [1.54, 1.807) is 0 Å². The molecule has 4 aliphatic heterocycles. The maximum absolute atomic E-state index is 13.9. The van der Waals surface area contributed by atoms with E-state index in [1.165, 1.54) is 6.42 Å². The van der Waals surface area contributed by atoms with Crippen LogP contribution in [-0.4, -0.2) is 79.4 Å². The van der Waals surface area contributed by atoms with E-state index in [-0.39, 0.29) is 23.7 Å². The standard InChI is InChI=1S/C26H43NO7/c1-8-16-10-12-25(13-11-16)18(21(28)29-9-2)26(15-27(25)7)19(17-14-30-23(3,4)32-17)31-22-20(26)33-24(5,6)34-22/h16-20,22H,8-15H2,1-7H3/t16?,17-,18+,19+,20-,22+,25?,26-/m0/s1. The highest BCUT2D eigenvalue weighted by atomic mass is 16.8. The second-order valence-electron chi connectivity index (χ2n) is 12.0. The second-order valence-corrected chi connectivity index (χ2v) is 12.0. The van der Waals surface area contributed by atoms with Gasteiger partial charge in [-0.05, 0) is 73.3 Å². The number of carbonyl (C=O) groups is 1. The van der Waals surface area contributed by atoms with Crippen molar-refractivity contribution in [3.63, 3.8) is 0 Å². The SMILES string of the molecule is CCOC(=O)[C@@H]1C2(CCC(CC)CC2)N(C)C[C@@]12[C@@H]([C@@H]1COC(C)(C)O1)O[C@@H]1OC(C)(C)O[C@@H]12. The summed E-state index contributed by atoms with van der Waals surface area (Å²) in [6.45, 7) is 13.2. The van der Waals surface area contributed by atoms with Gasteiger partial charge < -0.3 is 28.4 Å². The lowest BCUT2D eigenvalue weighted by atomic mass is 9.59. The molecule has 0 amide bonds. The van der Waals surface area contributed by atoms with Crippen LogP contribution < -0.4 is 0 Å². The maximum atomic E-state index is 13.9. The van der Waals surface area contributed by atoms with E-state index in [1.807, 2.05) is 34.6 Å². The number of rotatable bonds is 4. The third-order valence-electron chi connectivity index (χ3n) is 9.18. The smallest absolute Gasteiger partial charge is 0.311 e. The van der Waals surface area contributed by atoms with Crippen molar-refractivity contribution in [1.29, 1.82) is 0 Å². The summed E-state index contributed by atoms with van der Waals surface area (Å²) >= 11 is 0. The molecule has 34 heavy (non-hydrogen) atoms.